The van der Waals surface area contributed by atoms with Crippen LogP contribution in [0.25, 0.3) is 0 Å². The fourth-order valence-electron chi connectivity index (χ4n) is 0. The number of carboxylic acids is 1. The van der Waals surface area contributed by atoms with Crippen molar-refractivity contribution in [3.63, 3.8) is 0 Å². The van der Waals surface area contributed by atoms with Gasteiger partial charge in [-0.25, -0.2) is 0 Å². The van der Waals surface area contributed by atoms with Crippen molar-refractivity contribution in [3.05, 3.63) is 0 Å². The van der Waals surface area contributed by atoms with Gasteiger partial charge in [0.25, 0.3) is 5.97 Å². The molecule has 0 aromatic heterocycles. The summed E-state index contributed by atoms with van der Waals surface area (Å²) in [6, 6.07) is 0. The van der Waals surface area contributed by atoms with Crippen molar-refractivity contribution in [2.24, 2.45) is 0 Å². The van der Waals surface area contributed by atoms with Crippen LogP contribution in [0.2, 0.25) is 0 Å². The van der Waals surface area contributed by atoms with Gasteiger partial charge in [0.05, 0.1) is 0 Å². The standard InChI is InChI=1S/C2H4O2.H3N.Na.H2O4S.H/c1-2(3)4;;;1-5(2,3)4;/h1H3,(H,3,4);1H3;;(H2,1,2,3,4);. The number of carbonyl (C=O) groups is 1. The normalized spacial score (nSPS) is 7.55. The van der Waals surface area contributed by atoms with Crippen LogP contribution in [-0.4, -0.2) is 58.2 Å². The molecule has 0 saturated heterocycles. The van der Waals surface area contributed by atoms with Crippen LogP contribution in [0.1, 0.15) is 6.92 Å². The Hall–Kier alpha value is 0.300. The van der Waals surface area contributed by atoms with E-state index in [0.717, 1.165) is 6.92 Å². The molecule has 0 unspecified atom stereocenters. The Morgan fingerprint density at radius 3 is 1.27 bits per heavy atom. The van der Waals surface area contributed by atoms with Crippen LogP contribution in [0.15, 0.2) is 0 Å². The van der Waals surface area contributed by atoms with Gasteiger partial charge in [0.1, 0.15) is 0 Å². The first kappa shape index (κ1) is 22.5. The van der Waals surface area contributed by atoms with Gasteiger partial charge in [0.2, 0.25) is 0 Å². The monoisotopic (exact) mass is 199 g/mol. The Kier molecular flexibility index (Phi) is 21.1. The zero-order valence-corrected chi connectivity index (χ0v) is 6.00. The van der Waals surface area contributed by atoms with Gasteiger partial charge >= 0.3 is 40.0 Å². The Morgan fingerprint density at radius 1 is 1.27 bits per heavy atom. The number of aliphatic carboxylic acids is 1. The summed E-state index contributed by atoms with van der Waals surface area (Å²) in [6.45, 7) is 1.08. The quantitative estimate of drug-likeness (QED) is 0.287. The van der Waals surface area contributed by atoms with E-state index in [9.17, 15) is 0 Å². The third-order valence-corrected chi connectivity index (χ3v) is 0. The van der Waals surface area contributed by atoms with E-state index in [1.807, 2.05) is 0 Å². The van der Waals surface area contributed by atoms with Gasteiger partial charge in [0.15, 0.2) is 0 Å². The van der Waals surface area contributed by atoms with Crippen molar-refractivity contribution < 1.29 is 27.4 Å². The van der Waals surface area contributed by atoms with E-state index in [-0.39, 0.29) is 35.7 Å². The summed E-state index contributed by atoms with van der Waals surface area (Å²) in [5, 5.41) is 7.42. The van der Waals surface area contributed by atoms with Crippen LogP contribution in [-0.2, 0) is 15.2 Å². The molecule has 7 nitrogen and oxygen atoms in total. The third kappa shape index (κ3) is 7880. The maximum atomic E-state index is 9.00. The molecule has 11 heavy (non-hydrogen) atoms. The average Bonchev–Trinajstić information content (AvgIpc) is 1.19. The fraction of sp³-hybridized carbons (Fsp3) is 0.500. The van der Waals surface area contributed by atoms with Gasteiger partial charge in [-0.3, -0.25) is 13.9 Å². The minimum absolute atomic E-state index is 0. The number of hydrogen-bond acceptors (Lipinski definition) is 4. The molecule has 0 atom stereocenters. The molecule has 0 aromatic rings. The first-order valence-electron chi connectivity index (χ1n) is 1.63. The maximum absolute atomic E-state index is 9.00. The second-order valence-corrected chi connectivity index (χ2v) is 1.86. The van der Waals surface area contributed by atoms with Crippen molar-refractivity contribution in [1.82, 2.24) is 6.15 Å². The van der Waals surface area contributed by atoms with Gasteiger partial charge in [0, 0.05) is 6.92 Å². The average molecular weight is 199 g/mol. The van der Waals surface area contributed by atoms with Crippen molar-refractivity contribution in [1.29, 1.82) is 0 Å². The molecule has 0 radical (unpaired) electrons. The molecule has 0 heterocycles. The van der Waals surface area contributed by atoms with Gasteiger partial charge in [-0.05, 0) is 0 Å². The summed E-state index contributed by atoms with van der Waals surface area (Å²) in [7, 11) is -4.67. The van der Waals surface area contributed by atoms with Crippen molar-refractivity contribution >= 4 is 45.9 Å². The van der Waals surface area contributed by atoms with E-state index < -0.39 is 16.4 Å². The van der Waals surface area contributed by atoms with E-state index in [0.29, 0.717) is 0 Å². The van der Waals surface area contributed by atoms with Gasteiger partial charge in [-0.1, -0.05) is 0 Å². The van der Waals surface area contributed by atoms with E-state index >= 15 is 0 Å². The fourth-order valence-corrected chi connectivity index (χ4v) is 0. The molecule has 0 aromatic carbocycles. The number of rotatable bonds is 0. The molecular weight excluding hydrogens is 189 g/mol. The third-order valence-electron chi connectivity index (χ3n) is 0. The molecule has 0 rings (SSSR count). The summed E-state index contributed by atoms with van der Waals surface area (Å²) >= 11 is 0. The molecule has 6 N–H and O–H groups in total. The van der Waals surface area contributed by atoms with Crippen LogP contribution in [0.3, 0.4) is 0 Å². The molecular formula is C2H10NNaO6S. The van der Waals surface area contributed by atoms with Crippen LogP contribution < -0.4 is 6.15 Å². The zero-order chi connectivity index (χ0) is 8.08. The molecule has 0 aliphatic heterocycles. The Morgan fingerprint density at radius 2 is 1.27 bits per heavy atom. The second kappa shape index (κ2) is 10.3. The molecule has 66 valence electrons. The van der Waals surface area contributed by atoms with E-state index in [2.05, 4.69) is 0 Å². The van der Waals surface area contributed by atoms with E-state index in [4.69, 9.17) is 27.4 Å². The van der Waals surface area contributed by atoms with Crippen LogP contribution in [0.4, 0.5) is 0 Å². The minimum atomic E-state index is -4.67. The summed E-state index contributed by atoms with van der Waals surface area (Å²) in [4.78, 5) is 9.00. The van der Waals surface area contributed by atoms with E-state index in [1.165, 1.54) is 0 Å². The molecule has 0 saturated carbocycles. The molecule has 0 aliphatic rings. The Bertz CT molecular complexity index is 163. The first-order chi connectivity index (χ1) is 3.73. The molecule has 0 aliphatic carbocycles. The van der Waals surface area contributed by atoms with Crippen molar-refractivity contribution in [2.75, 3.05) is 0 Å². The van der Waals surface area contributed by atoms with Crippen molar-refractivity contribution in [3.8, 4) is 0 Å². The van der Waals surface area contributed by atoms with E-state index in [1.54, 1.807) is 0 Å². The molecule has 0 spiro atoms. The van der Waals surface area contributed by atoms with Crippen LogP contribution in [0, 0.1) is 0 Å². The summed E-state index contributed by atoms with van der Waals surface area (Å²) < 4.78 is 31.6. The van der Waals surface area contributed by atoms with Crippen molar-refractivity contribution in [2.45, 2.75) is 6.92 Å². The van der Waals surface area contributed by atoms with Crippen LogP contribution in [0.5, 0.6) is 0 Å². The molecule has 9 heteroatoms. The Labute approximate surface area is 86.2 Å². The summed E-state index contributed by atoms with van der Waals surface area (Å²) in [5.74, 6) is -0.833. The zero-order valence-electron chi connectivity index (χ0n) is 5.18. The Balaban J connectivity index is -0.0000000383. The van der Waals surface area contributed by atoms with Gasteiger partial charge in [-0.15, -0.1) is 0 Å². The van der Waals surface area contributed by atoms with Gasteiger partial charge < -0.3 is 11.3 Å². The predicted octanol–water partition coefficient (Wildman–Crippen LogP) is -1.05. The SMILES string of the molecule is CC(=O)O.N.O=S(=O)(O)O.[NaH]. The molecule has 0 amide bonds. The number of hydrogen-bond donors (Lipinski definition) is 4. The summed E-state index contributed by atoms with van der Waals surface area (Å²) in [5.41, 5.74) is 0. The van der Waals surface area contributed by atoms with Gasteiger partial charge in [-0.2, -0.15) is 8.42 Å². The molecule has 0 bridgehead atoms. The topological polar surface area (TPSA) is 147 Å². The molecule has 0 fully saturated rings. The first-order valence-corrected chi connectivity index (χ1v) is 3.02. The summed E-state index contributed by atoms with van der Waals surface area (Å²) in [6.07, 6.45) is 0. The van der Waals surface area contributed by atoms with Crippen LogP contribution >= 0.6 is 0 Å². The second-order valence-electron chi connectivity index (χ2n) is 0.967. The number of carboxylic acid groups (broad SMARTS) is 1. The predicted molar refractivity (Wildman–Crippen MR) is 39.7 cm³/mol.